The van der Waals surface area contributed by atoms with Crippen LogP contribution in [0.2, 0.25) is 0 Å². The van der Waals surface area contributed by atoms with E-state index in [9.17, 15) is 13.4 Å². The zero-order valence-electron chi connectivity index (χ0n) is 11.8. The number of carbonyl (C=O) groups excluding carboxylic acids is 1. The van der Waals surface area contributed by atoms with Crippen LogP contribution in [-0.4, -0.2) is 16.4 Å². The van der Waals surface area contributed by atoms with Crippen LogP contribution < -0.4 is 5.32 Å². The fraction of sp³-hybridized carbons (Fsp3) is 0.267. The van der Waals surface area contributed by atoms with E-state index < -0.39 is 16.6 Å². The summed E-state index contributed by atoms with van der Waals surface area (Å²) in [4.78, 5) is 11.9. The van der Waals surface area contributed by atoms with Crippen molar-refractivity contribution in [3.05, 3.63) is 47.7 Å². The Balaban J connectivity index is 1.93. The van der Waals surface area contributed by atoms with E-state index in [1.165, 1.54) is 24.5 Å². The average Bonchev–Trinajstić information content (AvgIpc) is 2.82. The maximum absolute atomic E-state index is 13.6. The average molecular weight is 309 g/mol. The van der Waals surface area contributed by atoms with Crippen LogP contribution in [-0.2, 0) is 22.0 Å². The summed E-state index contributed by atoms with van der Waals surface area (Å²) >= 11 is 0. The van der Waals surface area contributed by atoms with E-state index in [2.05, 4.69) is 5.32 Å². The van der Waals surface area contributed by atoms with Crippen LogP contribution >= 0.6 is 0 Å². The highest BCUT2D eigenvalue weighted by molar-refractivity contribution is 7.84. The maximum Gasteiger partial charge on any atom is 0.224 e. The van der Waals surface area contributed by atoms with Gasteiger partial charge in [-0.2, -0.15) is 0 Å². The van der Waals surface area contributed by atoms with Gasteiger partial charge in [-0.05, 0) is 37.3 Å². The number of hydrogen-bond donors (Lipinski definition) is 1. The van der Waals surface area contributed by atoms with Gasteiger partial charge in [0.1, 0.15) is 17.3 Å². The third kappa shape index (κ3) is 4.26. The Bertz CT molecular complexity index is 681. The van der Waals surface area contributed by atoms with Gasteiger partial charge in [0.05, 0.1) is 15.7 Å². The normalized spacial score (nSPS) is 12.1. The number of aryl methyl sites for hydroxylation is 2. The van der Waals surface area contributed by atoms with Crippen molar-refractivity contribution in [3.8, 4) is 0 Å². The Hall–Kier alpha value is -1.95. The van der Waals surface area contributed by atoms with Crippen LogP contribution in [0.5, 0.6) is 0 Å². The predicted octanol–water partition coefficient (Wildman–Crippen LogP) is 3.04. The first-order valence-corrected chi connectivity index (χ1v) is 7.99. The molecular formula is C15H16FNO3S. The van der Waals surface area contributed by atoms with Crippen molar-refractivity contribution >= 4 is 22.4 Å². The fourth-order valence-electron chi connectivity index (χ4n) is 1.89. The fourth-order valence-corrected chi connectivity index (χ4v) is 2.48. The lowest BCUT2D eigenvalue weighted by atomic mass is 10.2. The molecule has 0 saturated heterocycles. The summed E-state index contributed by atoms with van der Waals surface area (Å²) in [6.07, 6.45) is 2.14. The van der Waals surface area contributed by atoms with Gasteiger partial charge in [-0.3, -0.25) is 9.00 Å². The minimum atomic E-state index is -1.39. The second kappa shape index (κ2) is 6.67. The molecule has 0 aliphatic heterocycles. The van der Waals surface area contributed by atoms with E-state index in [1.54, 1.807) is 0 Å². The monoisotopic (exact) mass is 309 g/mol. The molecule has 1 aromatic carbocycles. The van der Waals surface area contributed by atoms with E-state index in [4.69, 9.17) is 4.42 Å². The summed E-state index contributed by atoms with van der Waals surface area (Å²) in [7, 11) is -1.39. The van der Waals surface area contributed by atoms with E-state index in [1.807, 2.05) is 19.1 Å². The van der Waals surface area contributed by atoms with Crippen molar-refractivity contribution in [2.24, 2.45) is 0 Å². The maximum atomic E-state index is 13.6. The third-order valence-corrected chi connectivity index (χ3v) is 3.87. The van der Waals surface area contributed by atoms with Crippen molar-refractivity contribution < 1.29 is 17.8 Å². The lowest BCUT2D eigenvalue weighted by molar-refractivity contribution is -0.116. The molecular weight excluding hydrogens is 293 g/mol. The van der Waals surface area contributed by atoms with E-state index in [0.29, 0.717) is 12.1 Å². The first-order valence-electron chi connectivity index (χ1n) is 6.44. The lowest BCUT2D eigenvalue weighted by Gasteiger charge is -2.06. The summed E-state index contributed by atoms with van der Waals surface area (Å²) < 4.78 is 30.3. The zero-order chi connectivity index (χ0) is 15.4. The molecule has 4 nitrogen and oxygen atoms in total. The number of rotatable bonds is 5. The first kappa shape index (κ1) is 15.4. The number of nitrogens with one attached hydrogen (secondary N) is 1. The van der Waals surface area contributed by atoms with Gasteiger partial charge in [0.15, 0.2) is 0 Å². The second-order valence-corrected chi connectivity index (χ2v) is 6.01. The number of hydrogen-bond acceptors (Lipinski definition) is 3. The number of furan rings is 1. The van der Waals surface area contributed by atoms with Crippen LogP contribution in [0, 0.1) is 12.7 Å². The highest BCUT2D eigenvalue weighted by atomic mass is 32.2. The number of amides is 1. The van der Waals surface area contributed by atoms with Crippen LogP contribution in [0.4, 0.5) is 10.1 Å². The van der Waals surface area contributed by atoms with Crippen LogP contribution in [0.15, 0.2) is 39.6 Å². The molecule has 2 rings (SSSR count). The molecule has 1 heterocycles. The topological polar surface area (TPSA) is 59.3 Å². The quantitative estimate of drug-likeness (QED) is 0.923. The Morgan fingerprint density at radius 3 is 2.67 bits per heavy atom. The summed E-state index contributed by atoms with van der Waals surface area (Å²) in [6, 6.07) is 7.79. The van der Waals surface area contributed by atoms with Crippen LogP contribution in [0.1, 0.15) is 17.9 Å². The molecule has 6 heteroatoms. The molecule has 0 spiro atoms. The number of anilines is 1. The van der Waals surface area contributed by atoms with Crippen molar-refractivity contribution in [1.82, 2.24) is 0 Å². The molecule has 21 heavy (non-hydrogen) atoms. The smallest absolute Gasteiger partial charge is 0.224 e. The summed E-state index contributed by atoms with van der Waals surface area (Å²) in [5.41, 5.74) is 0.349. The molecule has 2 aromatic rings. The zero-order valence-corrected chi connectivity index (χ0v) is 12.6. The van der Waals surface area contributed by atoms with Gasteiger partial charge >= 0.3 is 0 Å². The summed E-state index contributed by atoms with van der Waals surface area (Å²) in [5.74, 6) is 0.727. The standard InChI is InChI=1S/C15H16FNO3S/c1-10-3-5-12(20-10)6-8-15(18)17-11-4-7-14(21(2)19)13(16)9-11/h3-5,7,9H,6,8H2,1-2H3,(H,17,18)/t21-/m0/s1. The molecule has 0 unspecified atom stereocenters. The molecule has 0 aliphatic rings. The first-order chi connectivity index (χ1) is 9.95. The van der Waals surface area contributed by atoms with Crippen LogP contribution in [0.3, 0.4) is 0 Å². The minimum absolute atomic E-state index is 0.124. The Labute approximate surface area is 124 Å². The predicted molar refractivity (Wildman–Crippen MR) is 79.1 cm³/mol. The van der Waals surface area contributed by atoms with Crippen molar-refractivity contribution in [2.75, 3.05) is 11.6 Å². The Kier molecular flexibility index (Phi) is 4.90. The van der Waals surface area contributed by atoms with Crippen LogP contribution in [0.25, 0.3) is 0 Å². The molecule has 112 valence electrons. The number of carbonyl (C=O) groups is 1. The van der Waals surface area contributed by atoms with Gasteiger partial charge in [-0.15, -0.1) is 0 Å². The largest absolute Gasteiger partial charge is 0.466 e. The molecule has 1 aromatic heterocycles. The van der Waals surface area contributed by atoms with Crippen molar-refractivity contribution in [3.63, 3.8) is 0 Å². The van der Waals surface area contributed by atoms with Crippen molar-refractivity contribution in [1.29, 1.82) is 0 Å². The minimum Gasteiger partial charge on any atom is -0.466 e. The number of halogens is 1. The van der Waals surface area contributed by atoms with E-state index in [0.717, 1.165) is 11.5 Å². The molecule has 0 saturated carbocycles. The third-order valence-electron chi connectivity index (χ3n) is 2.92. The van der Waals surface area contributed by atoms with Gasteiger partial charge < -0.3 is 9.73 Å². The van der Waals surface area contributed by atoms with Crippen molar-refractivity contribution in [2.45, 2.75) is 24.7 Å². The van der Waals surface area contributed by atoms with Gasteiger partial charge in [-0.1, -0.05) is 0 Å². The SMILES string of the molecule is Cc1ccc(CCC(=O)Nc2ccc([S@](C)=O)c(F)c2)o1. The number of benzene rings is 1. The van der Waals surface area contributed by atoms with E-state index in [-0.39, 0.29) is 17.2 Å². The van der Waals surface area contributed by atoms with Gasteiger partial charge in [0.2, 0.25) is 5.91 Å². The molecule has 1 amide bonds. The second-order valence-electron chi connectivity index (χ2n) is 4.66. The molecule has 0 bridgehead atoms. The van der Waals surface area contributed by atoms with Gasteiger partial charge in [0, 0.05) is 24.8 Å². The molecule has 0 aliphatic carbocycles. The molecule has 0 fully saturated rings. The Morgan fingerprint density at radius 2 is 2.10 bits per heavy atom. The van der Waals surface area contributed by atoms with E-state index >= 15 is 0 Å². The molecule has 1 atom stereocenters. The van der Waals surface area contributed by atoms with Gasteiger partial charge in [0.25, 0.3) is 0 Å². The summed E-state index contributed by atoms with van der Waals surface area (Å²) in [6.45, 7) is 1.84. The Morgan fingerprint density at radius 1 is 1.33 bits per heavy atom. The van der Waals surface area contributed by atoms with Gasteiger partial charge in [-0.25, -0.2) is 4.39 Å². The molecule has 0 radical (unpaired) electrons. The lowest BCUT2D eigenvalue weighted by Crippen LogP contribution is -2.12. The molecule has 1 N–H and O–H groups in total. The highest BCUT2D eigenvalue weighted by Gasteiger charge is 2.09. The summed E-state index contributed by atoms with van der Waals surface area (Å²) in [5, 5.41) is 2.61. The highest BCUT2D eigenvalue weighted by Crippen LogP contribution is 2.17.